The molecule has 4 nitrogen and oxygen atoms in total. The molecule has 4 heteroatoms. The SMILES string of the molecule is CCCC/C=C1\OC(=O)C2=C1CC[C@@H](O)[C@@H]2O. The molecular formula is C13H18O4. The number of aliphatic hydroxyl groups is 2. The molecule has 0 amide bonds. The fraction of sp³-hybridized carbons (Fsp3) is 0.615. The zero-order valence-electron chi connectivity index (χ0n) is 9.98. The van der Waals surface area contributed by atoms with Gasteiger partial charge >= 0.3 is 5.97 Å². The molecule has 0 fully saturated rings. The van der Waals surface area contributed by atoms with Gasteiger partial charge in [-0.25, -0.2) is 4.79 Å². The molecule has 0 unspecified atom stereocenters. The summed E-state index contributed by atoms with van der Waals surface area (Å²) in [6.07, 6.45) is 4.04. The van der Waals surface area contributed by atoms with Crippen molar-refractivity contribution in [3.63, 3.8) is 0 Å². The summed E-state index contributed by atoms with van der Waals surface area (Å²) in [6, 6.07) is 0. The molecule has 17 heavy (non-hydrogen) atoms. The summed E-state index contributed by atoms with van der Waals surface area (Å²) in [5, 5.41) is 19.3. The first kappa shape index (κ1) is 12.3. The van der Waals surface area contributed by atoms with E-state index >= 15 is 0 Å². The van der Waals surface area contributed by atoms with Crippen molar-refractivity contribution < 1.29 is 19.7 Å². The molecule has 0 aromatic rings. The van der Waals surface area contributed by atoms with Crippen molar-refractivity contribution in [3.8, 4) is 0 Å². The van der Waals surface area contributed by atoms with Crippen LogP contribution in [0.15, 0.2) is 23.0 Å². The lowest BCUT2D eigenvalue weighted by Gasteiger charge is -2.22. The number of carbonyl (C=O) groups is 1. The summed E-state index contributed by atoms with van der Waals surface area (Å²) in [6.45, 7) is 2.10. The lowest BCUT2D eigenvalue weighted by molar-refractivity contribution is -0.135. The van der Waals surface area contributed by atoms with Crippen molar-refractivity contribution in [1.82, 2.24) is 0 Å². The minimum Gasteiger partial charge on any atom is -0.423 e. The lowest BCUT2D eigenvalue weighted by Crippen LogP contribution is -2.33. The van der Waals surface area contributed by atoms with Crippen molar-refractivity contribution >= 4 is 5.97 Å². The number of hydrogen-bond donors (Lipinski definition) is 2. The van der Waals surface area contributed by atoms with Gasteiger partial charge in [-0.05, 0) is 31.8 Å². The van der Waals surface area contributed by atoms with Gasteiger partial charge in [0.2, 0.25) is 0 Å². The van der Waals surface area contributed by atoms with E-state index in [0.717, 1.165) is 24.8 Å². The van der Waals surface area contributed by atoms with Crippen molar-refractivity contribution in [2.45, 2.75) is 51.2 Å². The Labute approximate surface area is 101 Å². The summed E-state index contributed by atoms with van der Waals surface area (Å²) >= 11 is 0. The predicted molar refractivity (Wildman–Crippen MR) is 62.0 cm³/mol. The van der Waals surface area contributed by atoms with E-state index in [0.29, 0.717) is 18.6 Å². The van der Waals surface area contributed by atoms with Crippen LogP contribution in [0.3, 0.4) is 0 Å². The number of esters is 1. The van der Waals surface area contributed by atoms with Crippen LogP contribution in [-0.4, -0.2) is 28.4 Å². The molecule has 1 heterocycles. The highest BCUT2D eigenvalue weighted by atomic mass is 16.5. The number of hydrogen-bond acceptors (Lipinski definition) is 4. The second kappa shape index (κ2) is 5.02. The van der Waals surface area contributed by atoms with Gasteiger partial charge in [0.15, 0.2) is 0 Å². The van der Waals surface area contributed by atoms with Gasteiger partial charge in [-0.15, -0.1) is 0 Å². The van der Waals surface area contributed by atoms with Crippen molar-refractivity contribution in [2.75, 3.05) is 0 Å². The Kier molecular flexibility index (Phi) is 3.64. The smallest absolute Gasteiger partial charge is 0.342 e. The maximum Gasteiger partial charge on any atom is 0.342 e. The molecular weight excluding hydrogens is 220 g/mol. The van der Waals surface area contributed by atoms with Gasteiger partial charge in [0, 0.05) is 5.57 Å². The highest BCUT2D eigenvalue weighted by Gasteiger charge is 2.40. The molecule has 2 N–H and O–H groups in total. The summed E-state index contributed by atoms with van der Waals surface area (Å²) in [5.74, 6) is 0.0819. The van der Waals surface area contributed by atoms with Gasteiger partial charge in [0.1, 0.15) is 11.9 Å². The van der Waals surface area contributed by atoms with Crippen LogP contribution < -0.4 is 0 Å². The molecule has 0 saturated carbocycles. The van der Waals surface area contributed by atoms with Gasteiger partial charge < -0.3 is 14.9 Å². The van der Waals surface area contributed by atoms with Crippen LogP contribution in [0.2, 0.25) is 0 Å². The number of unbranched alkanes of at least 4 members (excludes halogenated alkanes) is 2. The first-order valence-corrected chi connectivity index (χ1v) is 6.17. The highest BCUT2D eigenvalue weighted by Crippen LogP contribution is 2.37. The summed E-state index contributed by atoms with van der Waals surface area (Å²) < 4.78 is 5.15. The summed E-state index contributed by atoms with van der Waals surface area (Å²) in [5.41, 5.74) is 1.04. The molecule has 1 aliphatic heterocycles. The molecule has 0 saturated heterocycles. The molecule has 0 aromatic carbocycles. The van der Waals surface area contributed by atoms with Crippen molar-refractivity contribution in [2.24, 2.45) is 0 Å². The molecule has 0 bridgehead atoms. The minimum absolute atomic E-state index is 0.256. The van der Waals surface area contributed by atoms with Gasteiger partial charge in [0.05, 0.1) is 11.7 Å². The number of allylic oxidation sites excluding steroid dienone is 2. The fourth-order valence-electron chi connectivity index (χ4n) is 2.27. The molecule has 2 rings (SSSR count). The fourth-order valence-corrected chi connectivity index (χ4v) is 2.27. The van der Waals surface area contributed by atoms with E-state index in [2.05, 4.69) is 6.92 Å². The first-order valence-electron chi connectivity index (χ1n) is 6.17. The van der Waals surface area contributed by atoms with Crippen LogP contribution in [-0.2, 0) is 9.53 Å². The predicted octanol–water partition coefficient (Wildman–Crippen LogP) is 1.43. The minimum atomic E-state index is -1.09. The molecule has 2 aliphatic rings. The number of ether oxygens (including phenoxy) is 1. The quantitative estimate of drug-likeness (QED) is 0.576. The largest absolute Gasteiger partial charge is 0.423 e. The maximum atomic E-state index is 11.6. The Morgan fingerprint density at radius 3 is 2.94 bits per heavy atom. The zero-order valence-corrected chi connectivity index (χ0v) is 9.98. The maximum absolute atomic E-state index is 11.6. The molecule has 1 aliphatic carbocycles. The third-order valence-electron chi connectivity index (χ3n) is 3.28. The summed E-state index contributed by atoms with van der Waals surface area (Å²) in [4.78, 5) is 11.6. The molecule has 2 atom stereocenters. The number of cyclic esters (lactones) is 1. The normalized spacial score (nSPS) is 30.8. The Hall–Kier alpha value is -1.13. The lowest BCUT2D eigenvalue weighted by atomic mass is 9.87. The second-order valence-electron chi connectivity index (χ2n) is 4.54. The number of carbonyl (C=O) groups excluding carboxylic acids is 1. The van der Waals surface area contributed by atoms with Crippen molar-refractivity contribution in [3.05, 3.63) is 23.0 Å². The van der Waals surface area contributed by atoms with Gasteiger partial charge in [-0.3, -0.25) is 0 Å². The second-order valence-corrected chi connectivity index (χ2v) is 4.54. The topological polar surface area (TPSA) is 66.8 Å². The Bertz CT molecular complexity index is 381. The van der Waals surface area contributed by atoms with Crippen LogP contribution in [0, 0.1) is 0 Å². The van der Waals surface area contributed by atoms with Crippen LogP contribution in [0.1, 0.15) is 39.0 Å². The number of rotatable bonds is 3. The van der Waals surface area contributed by atoms with Crippen molar-refractivity contribution in [1.29, 1.82) is 0 Å². The Balaban J connectivity index is 2.21. The third-order valence-corrected chi connectivity index (χ3v) is 3.28. The highest BCUT2D eigenvalue weighted by molar-refractivity contribution is 5.96. The van der Waals surface area contributed by atoms with Crippen LogP contribution >= 0.6 is 0 Å². The average molecular weight is 238 g/mol. The van der Waals surface area contributed by atoms with E-state index in [4.69, 9.17) is 4.74 Å². The molecule has 94 valence electrons. The van der Waals surface area contributed by atoms with E-state index in [1.54, 1.807) is 0 Å². The Morgan fingerprint density at radius 2 is 2.24 bits per heavy atom. The zero-order chi connectivity index (χ0) is 12.4. The molecule has 0 aromatic heterocycles. The van der Waals surface area contributed by atoms with E-state index in [1.165, 1.54) is 0 Å². The third kappa shape index (κ3) is 2.28. The van der Waals surface area contributed by atoms with Crippen LogP contribution in [0.5, 0.6) is 0 Å². The van der Waals surface area contributed by atoms with Gasteiger partial charge in [0.25, 0.3) is 0 Å². The standard InChI is InChI=1S/C13H18O4/c1-2-3-4-5-10-8-6-7-9(14)12(15)11(8)13(16)17-10/h5,9,12,14-15H,2-4,6-7H2,1H3/b10-5-/t9-,12+/m1/s1. The van der Waals surface area contributed by atoms with E-state index < -0.39 is 18.2 Å². The van der Waals surface area contributed by atoms with Crippen LogP contribution in [0.4, 0.5) is 0 Å². The van der Waals surface area contributed by atoms with Crippen LogP contribution in [0.25, 0.3) is 0 Å². The first-order chi connectivity index (χ1) is 8.15. The van der Waals surface area contributed by atoms with Gasteiger partial charge in [-0.2, -0.15) is 0 Å². The van der Waals surface area contributed by atoms with Gasteiger partial charge in [-0.1, -0.05) is 13.3 Å². The monoisotopic (exact) mass is 238 g/mol. The van der Waals surface area contributed by atoms with E-state index in [9.17, 15) is 15.0 Å². The Morgan fingerprint density at radius 1 is 1.47 bits per heavy atom. The summed E-state index contributed by atoms with van der Waals surface area (Å²) in [7, 11) is 0. The molecule has 0 radical (unpaired) electrons. The molecule has 0 spiro atoms. The average Bonchev–Trinajstić information content (AvgIpc) is 2.62. The van der Waals surface area contributed by atoms with E-state index in [1.807, 2.05) is 6.08 Å². The number of aliphatic hydroxyl groups excluding tert-OH is 2. The van der Waals surface area contributed by atoms with E-state index in [-0.39, 0.29) is 5.57 Å².